The summed E-state index contributed by atoms with van der Waals surface area (Å²) in [6, 6.07) is 0. The van der Waals surface area contributed by atoms with E-state index in [1.54, 1.807) is 12.2 Å². The first-order valence-electron chi connectivity index (χ1n) is 4.64. The lowest BCUT2D eigenvalue weighted by Crippen LogP contribution is -2.30. The molecule has 0 aliphatic heterocycles. The van der Waals surface area contributed by atoms with Crippen LogP contribution in [0, 0.1) is 5.41 Å². The Morgan fingerprint density at radius 2 is 1.93 bits per heavy atom. The van der Waals surface area contributed by atoms with Gasteiger partial charge in [0.25, 0.3) is 5.92 Å². The maximum absolute atomic E-state index is 13.4. The standard InChI is InChI=1S/C11H14BrF2N/c1-10(2)5-8(11(13,14)7-15)3-4-9(12)6-10/h3-6H,7,15H2,1-2H3. The molecule has 0 amide bonds. The van der Waals surface area contributed by atoms with Crippen molar-refractivity contribution in [2.24, 2.45) is 11.1 Å². The van der Waals surface area contributed by atoms with Gasteiger partial charge >= 0.3 is 0 Å². The molecule has 1 aliphatic carbocycles. The van der Waals surface area contributed by atoms with E-state index in [2.05, 4.69) is 15.9 Å². The van der Waals surface area contributed by atoms with E-state index in [1.165, 1.54) is 6.08 Å². The maximum Gasteiger partial charge on any atom is 0.284 e. The van der Waals surface area contributed by atoms with Gasteiger partial charge in [-0.25, -0.2) is 0 Å². The Bertz CT molecular complexity index is 340. The van der Waals surface area contributed by atoms with E-state index < -0.39 is 17.9 Å². The summed E-state index contributed by atoms with van der Waals surface area (Å²) in [5.74, 6) is -2.96. The van der Waals surface area contributed by atoms with Crippen molar-refractivity contribution in [3.05, 3.63) is 34.4 Å². The Kier molecular flexibility index (Phi) is 3.51. The van der Waals surface area contributed by atoms with E-state index in [9.17, 15) is 8.78 Å². The molecule has 0 atom stereocenters. The van der Waals surface area contributed by atoms with Crippen LogP contribution < -0.4 is 5.73 Å². The SMILES string of the molecule is CC1(C)C=C(Br)C=CC(C(F)(F)CN)=C1. The van der Waals surface area contributed by atoms with Gasteiger partial charge in [0, 0.05) is 15.5 Å². The van der Waals surface area contributed by atoms with Gasteiger partial charge in [-0.1, -0.05) is 48.0 Å². The lowest BCUT2D eigenvalue weighted by molar-refractivity contribution is 0.0546. The van der Waals surface area contributed by atoms with Gasteiger partial charge in [0.05, 0.1) is 6.54 Å². The van der Waals surface area contributed by atoms with Crippen molar-refractivity contribution in [2.45, 2.75) is 19.8 Å². The number of hydrogen-bond donors (Lipinski definition) is 1. The molecule has 1 rings (SSSR count). The van der Waals surface area contributed by atoms with Gasteiger partial charge in [-0.2, -0.15) is 8.78 Å². The summed E-state index contributed by atoms with van der Waals surface area (Å²) >= 11 is 3.29. The highest BCUT2D eigenvalue weighted by Gasteiger charge is 2.33. The topological polar surface area (TPSA) is 26.0 Å². The average molecular weight is 278 g/mol. The molecule has 0 spiro atoms. The fourth-order valence-electron chi connectivity index (χ4n) is 1.41. The Morgan fingerprint density at radius 1 is 1.33 bits per heavy atom. The Morgan fingerprint density at radius 3 is 2.47 bits per heavy atom. The van der Waals surface area contributed by atoms with Crippen molar-refractivity contribution in [3.63, 3.8) is 0 Å². The number of alkyl halides is 2. The number of hydrogen-bond acceptors (Lipinski definition) is 1. The van der Waals surface area contributed by atoms with E-state index in [1.807, 2.05) is 19.9 Å². The minimum Gasteiger partial charge on any atom is -0.325 e. The number of halogens is 3. The molecule has 0 saturated heterocycles. The van der Waals surface area contributed by atoms with Crippen LogP contribution in [-0.4, -0.2) is 12.5 Å². The quantitative estimate of drug-likeness (QED) is 0.823. The summed E-state index contributed by atoms with van der Waals surface area (Å²) in [5, 5.41) is 0. The minimum atomic E-state index is -2.96. The molecule has 0 saturated carbocycles. The van der Waals surface area contributed by atoms with Crippen molar-refractivity contribution in [1.82, 2.24) is 0 Å². The smallest absolute Gasteiger partial charge is 0.284 e. The first kappa shape index (κ1) is 12.6. The average Bonchev–Trinajstić information content (AvgIpc) is 2.23. The van der Waals surface area contributed by atoms with Gasteiger partial charge in [0.2, 0.25) is 0 Å². The fraction of sp³-hybridized carbons (Fsp3) is 0.455. The molecule has 0 fully saturated rings. The van der Waals surface area contributed by atoms with E-state index in [0.29, 0.717) is 0 Å². The normalized spacial score (nSPS) is 20.7. The largest absolute Gasteiger partial charge is 0.325 e. The fourth-order valence-corrected chi connectivity index (χ4v) is 2.13. The van der Waals surface area contributed by atoms with Crippen LogP contribution >= 0.6 is 15.9 Å². The molecule has 0 aromatic heterocycles. The van der Waals surface area contributed by atoms with Crippen LogP contribution in [-0.2, 0) is 0 Å². The highest BCUT2D eigenvalue weighted by molar-refractivity contribution is 9.11. The monoisotopic (exact) mass is 277 g/mol. The zero-order chi connectivity index (χ0) is 11.7. The summed E-state index contributed by atoms with van der Waals surface area (Å²) in [6.07, 6.45) is 6.44. The number of rotatable bonds is 2. The van der Waals surface area contributed by atoms with Crippen LogP contribution in [0.15, 0.2) is 34.4 Å². The van der Waals surface area contributed by atoms with Crippen molar-refractivity contribution in [2.75, 3.05) is 6.54 Å². The highest BCUT2D eigenvalue weighted by atomic mass is 79.9. The minimum absolute atomic E-state index is 0.0271. The van der Waals surface area contributed by atoms with Crippen LogP contribution in [0.3, 0.4) is 0 Å². The molecular formula is C11H14BrF2N. The lowest BCUT2D eigenvalue weighted by atomic mass is 9.90. The molecule has 1 aliphatic rings. The second-order valence-corrected chi connectivity index (χ2v) is 5.11. The van der Waals surface area contributed by atoms with Crippen LogP contribution in [0.25, 0.3) is 0 Å². The van der Waals surface area contributed by atoms with E-state index in [0.717, 1.165) is 4.48 Å². The van der Waals surface area contributed by atoms with Gasteiger partial charge in [-0.05, 0) is 6.08 Å². The van der Waals surface area contributed by atoms with Crippen molar-refractivity contribution < 1.29 is 8.78 Å². The predicted molar refractivity (Wildman–Crippen MR) is 62.0 cm³/mol. The van der Waals surface area contributed by atoms with Crippen LogP contribution in [0.2, 0.25) is 0 Å². The molecule has 84 valence electrons. The molecule has 0 aromatic carbocycles. The molecule has 0 bridgehead atoms. The van der Waals surface area contributed by atoms with E-state index in [4.69, 9.17) is 5.73 Å². The molecule has 2 N–H and O–H groups in total. The summed E-state index contributed by atoms with van der Waals surface area (Å²) in [6.45, 7) is 3.07. The Labute approximate surface area is 96.9 Å². The molecule has 0 aromatic rings. The lowest BCUT2D eigenvalue weighted by Gasteiger charge is -2.20. The highest BCUT2D eigenvalue weighted by Crippen LogP contribution is 2.34. The molecule has 0 radical (unpaired) electrons. The summed E-state index contributed by atoms with van der Waals surface area (Å²) < 4.78 is 27.6. The number of nitrogens with two attached hydrogens (primary N) is 1. The van der Waals surface area contributed by atoms with Crippen LogP contribution in [0.4, 0.5) is 8.78 Å². The van der Waals surface area contributed by atoms with Gasteiger partial charge in [0.1, 0.15) is 0 Å². The first-order chi connectivity index (χ1) is 6.77. The Balaban J connectivity index is 3.13. The van der Waals surface area contributed by atoms with Crippen molar-refractivity contribution in [1.29, 1.82) is 0 Å². The summed E-state index contributed by atoms with van der Waals surface area (Å²) in [4.78, 5) is 0. The van der Waals surface area contributed by atoms with Gasteiger partial charge in [-0.3, -0.25) is 0 Å². The third-order valence-corrected chi connectivity index (χ3v) is 2.63. The third kappa shape index (κ3) is 3.24. The van der Waals surface area contributed by atoms with Crippen LogP contribution in [0.5, 0.6) is 0 Å². The predicted octanol–water partition coefficient (Wildman–Crippen LogP) is 3.38. The van der Waals surface area contributed by atoms with Gasteiger partial charge < -0.3 is 5.73 Å². The maximum atomic E-state index is 13.4. The first-order valence-corrected chi connectivity index (χ1v) is 5.44. The van der Waals surface area contributed by atoms with Crippen molar-refractivity contribution in [3.8, 4) is 0 Å². The van der Waals surface area contributed by atoms with Gasteiger partial charge in [0.15, 0.2) is 0 Å². The molecule has 1 nitrogen and oxygen atoms in total. The van der Waals surface area contributed by atoms with E-state index >= 15 is 0 Å². The zero-order valence-electron chi connectivity index (χ0n) is 8.73. The van der Waals surface area contributed by atoms with Gasteiger partial charge in [-0.15, -0.1) is 0 Å². The molecular weight excluding hydrogens is 264 g/mol. The molecule has 0 unspecified atom stereocenters. The molecule has 15 heavy (non-hydrogen) atoms. The second kappa shape index (κ2) is 4.18. The molecule has 4 heteroatoms. The second-order valence-electron chi connectivity index (χ2n) is 4.19. The van der Waals surface area contributed by atoms with Crippen LogP contribution in [0.1, 0.15) is 13.8 Å². The Hall–Kier alpha value is -0.480. The van der Waals surface area contributed by atoms with E-state index in [-0.39, 0.29) is 5.57 Å². The summed E-state index contributed by atoms with van der Waals surface area (Å²) in [7, 11) is 0. The number of allylic oxidation sites excluding steroid dienone is 5. The summed E-state index contributed by atoms with van der Waals surface area (Å²) in [5.41, 5.74) is 4.62. The zero-order valence-corrected chi connectivity index (χ0v) is 10.3. The van der Waals surface area contributed by atoms with Crippen molar-refractivity contribution >= 4 is 15.9 Å². The third-order valence-electron chi connectivity index (χ3n) is 2.14. The molecule has 0 heterocycles.